The highest BCUT2D eigenvalue weighted by atomic mass is 19.1. The van der Waals surface area contributed by atoms with Crippen molar-refractivity contribution < 1.29 is 23.8 Å². The Morgan fingerprint density at radius 1 is 1.48 bits per heavy atom. The second-order valence-corrected chi connectivity index (χ2v) is 5.10. The third-order valence-electron chi connectivity index (χ3n) is 3.76. The Morgan fingerprint density at radius 3 is 2.86 bits per heavy atom. The average molecular weight is 295 g/mol. The average Bonchev–Trinajstić information content (AvgIpc) is 2.96. The Hall–Kier alpha value is -2.11. The first-order chi connectivity index (χ1) is 10.0. The number of nitrogens with zero attached hydrogens (tertiary/aromatic N) is 1. The number of amides is 1. The first kappa shape index (κ1) is 15.3. The largest absolute Gasteiger partial charge is 0.494 e. The van der Waals surface area contributed by atoms with Gasteiger partial charge in [0.1, 0.15) is 0 Å². The second kappa shape index (κ2) is 6.56. The number of aryl methyl sites for hydroxylation is 1. The van der Waals surface area contributed by atoms with Crippen LogP contribution < -0.4 is 4.74 Å². The Morgan fingerprint density at radius 2 is 2.24 bits per heavy atom. The summed E-state index contributed by atoms with van der Waals surface area (Å²) in [5.41, 5.74) is 0.427. The van der Waals surface area contributed by atoms with Crippen molar-refractivity contribution in [3.8, 4) is 5.75 Å². The van der Waals surface area contributed by atoms with Gasteiger partial charge in [0.05, 0.1) is 13.0 Å². The zero-order valence-electron chi connectivity index (χ0n) is 11.8. The van der Waals surface area contributed by atoms with Crippen LogP contribution in [0.1, 0.15) is 18.4 Å². The Balaban J connectivity index is 1.92. The highest BCUT2D eigenvalue weighted by Crippen LogP contribution is 2.22. The van der Waals surface area contributed by atoms with E-state index in [1.165, 1.54) is 18.1 Å². The number of aliphatic carboxylic acids is 1. The maximum absolute atomic E-state index is 13.9. The second-order valence-electron chi connectivity index (χ2n) is 5.10. The molecule has 0 radical (unpaired) electrons. The molecule has 1 fully saturated rings. The van der Waals surface area contributed by atoms with Crippen LogP contribution in [-0.4, -0.2) is 42.1 Å². The molecule has 1 aliphatic heterocycles. The molecule has 114 valence electrons. The molecule has 1 amide bonds. The summed E-state index contributed by atoms with van der Waals surface area (Å²) in [7, 11) is 1.39. The summed E-state index contributed by atoms with van der Waals surface area (Å²) in [5.74, 6) is -1.78. The van der Waals surface area contributed by atoms with Crippen molar-refractivity contribution in [3.05, 3.63) is 29.6 Å². The van der Waals surface area contributed by atoms with E-state index in [2.05, 4.69) is 0 Å². The Bertz CT molecular complexity index is 546. The van der Waals surface area contributed by atoms with E-state index in [1.54, 1.807) is 12.1 Å². The van der Waals surface area contributed by atoms with Gasteiger partial charge >= 0.3 is 5.97 Å². The van der Waals surface area contributed by atoms with E-state index < -0.39 is 17.7 Å². The molecule has 1 saturated heterocycles. The van der Waals surface area contributed by atoms with E-state index in [4.69, 9.17) is 9.84 Å². The minimum Gasteiger partial charge on any atom is -0.494 e. The van der Waals surface area contributed by atoms with Crippen LogP contribution in [-0.2, 0) is 16.0 Å². The predicted octanol–water partition coefficient (Wildman–Crippen LogP) is 1.70. The zero-order chi connectivity index (χ0) is 15.4. The van der Waals surface area contributed by atoms with Gasteiger partial charge < -0.3 is 14.7 Å². The van der Waals surface area contributed by atoms with Gasteiger partial charge in [0, 0.05) is 19.5 Å². The van der Waals surface area contributed by atoms with Crippen molar-refractivity contribution in [1.82, 2.24) is 4.90 Å². The third-order valence-corrected chi connectivity index (χ3v) is 3.76. The van der Waals surface area contributed by atoms with E-state index in [9.17, 15) is 14.0 Å². The quantitative estimate of drug-likeness (QED) is 0.898. The van der Waals surface area contributed by atoms with E-state index >= 15 is 0 Å². The molecule has 1 aromatic rings. The third kappa shape index (κ3) is 3.51. The summed E-state index contributed by atoms with van der Waals surface area (Å²) < 4.78 is 18.8. The van der Waals surface area contributed by atoms with E-state index in [-0.39, 0.29) is 31.0 Å². The highest BCUT2D eigenvalue weighted by Gasteiger charge is 2.30. The molecule has 6 heteroatoms. The van der Waals surface area contributed by atoms with E-state index in [0.717, 1.165) is 0 Å². The summed E-state index contributed by atoms with van der Waals surface area (Å²) in [6.45, 7) is 0.700. The topological polar surface area (TPSA) is 66.8 Å². The van der Waals surface area contributed by atoms with Gasteiger partial charge in [-0.1, -0.05) is 12.1 Å². The number of likely N-dealkylation sites (tertiary alicyclic amines) is 1. The molecule has 2 rings (SSSR count). The van der Waals surface area contributed by atoms with Gasteiger partial charge in [-0.15, -0.1) is 0 Å². The van der Waals surface area contributed by atoms with Crippen LogP contribution in [0.5, 0.6) is 5.75 Å². The lowest BCUT2D eigenvalue weighted by Gasteiger charge is -2.16. The number of carboxylic acids is 1. The van der Waals surface area contributed by atoms with E-state index in [1.807, 2.05) is 0 Å². The number of hydrogen-bond donors (Lipinski definition) is 1. The van der Waals surface area contributed by atoms with Gasteiger partial charge in [-0.2, -0.15) is 0 Å². The van der Waals surface area contributed by atoms with Crippen LogP contribution in [0.25, 0.3) is 0 Å². The normalized spacial score (nSPS) is 17.8. The Labute approximate surface area is 122 Å². The van der Waals surface area contributed by atoms with Crippen molar-refractivity contribution in [3.63, 3.8) is 0 Å². The van der Waals surface area contributed by atoms with Crippen LogP contribution in [0, 0.1) is 11.7 Å². The van der Waals surface area contributed by atoms with Gasteiger partial charge in [-0.3, -0.25) is 9.59 Å². The molecular weight excluding hydrogens is 277 g/mol. The van der Waals surface area contributed by atoms with Crippen molar-refractivity contribution in [1.29, 1.82) is 0 Å². The number of halogens is 1. The summed E-state index contributed by atoms with van der Waals surface area (Å²) in [6, 6.07) is 4.83. The molecule has 0 bridgehead atoms. The maximum atomic E-state index is 13.9. The molecule has 5 nitrogen and oxygen atoms in total. The fraction of sp³-hybridized carbons (Fsp3) is 0.467. The van der Waals surface area contributed by atoms with Crippen LogP contribution in [0.2, 0.25) is 0 Å². The van der Waals surface area contributed by atoms with Gasteiger partial charge in [-0.25, -0.2) is 4.39 Å². The number of methoxy groups -OCH3 is 1. The first-order valence-corrected chi connectivity index (χ1v) is 6.85. The molecule has 0 aromatic heterocycles. The monoisotopic (exact) mass is 295 g/mol. The zero-order valence-corrected chi connectivity index (χ0v) is 11.8. The first-order valence-electron chi connectivity index (χ1n) is 6.85. The number of hydrogen-bond acceptors (Lipinski definition) is 3. The fourth-order valence-corrected chi connectivity index (χ4v) is 2.50. The molecule has 0 aliphatic carbocycles. The standard InChI is InChI=1S/C15H18FNO4/c1-21-12-4-2-3-10(14(12)16)5-6-13(18)17-8-7-11(9-17)15(19)20/h2-4,11H,5-9H2,1H3,(H,19,20). The molecule has 1 aromatic carbocycles. The summed E-state index contributed by atoms with van der Waals surface area (Å²) in [4.78, 5) is 24.4. The lowest BCUT2D eigenvalue weighted by molar-refractivity contribution is -0.141. The number of carbonyl (C=O) groups excluding carboxylic acids is 1. The molecule has 1 heterocycles. The molecule has 21 heavy (non-hydrogen) atoms. The van der Waals surface area contributed by atoms with Gasteiger partial charge in [0.25, 0.3) is 0 Å². The minimum atomic E-state index is -0.871. The summed E-state index contributed by atoms with van der Waals surface area (Å²) in [5, 5.41) is 8.91. The van der Waals surface area contributed by atoms with Crippen LogP contribution in [0.4, 0.5) is 4.39 Å². The number of benzene rings is 1. The van der Waals surface area contributed by atoms with Crippen molar-refractivity contribution in [2.45, 2.75) is 19.3 Å². The van der Waals surface area contributed by atoms with Crippen LogP contribution >= 0.6 is 0 Å². The fourth-order valence-electron chi connectivity index (χ4n) is 2.50. The van der Waals surface area contributed by atoms with Gasteiger partial charge in [0.15, 0.2) is 11.6 Å². The number of rotatable bonds is 5. The minimum absolute atomic E-state index is 0.138. The molecule has 1 atom stereocenters. The van der Waals surface area contributed by atoms with Gasteiger partial charge in [0.2, 0.25) is 5.91 Å². The molecular formula is C15H18FNO4. The SMILES string of the molecule is COc1cccc(CCC(=O)N2CCC(C(=O)O)C2)c1F. The lowest BCUT2D eigenvalue weighted by atomic mass is 10.1. The van der Waals surface area contributed by atoms with E-state index in [0.29, 0.717) is 18.5 Å². The molecule has 1 aliphatic rings. The highest BCUT2D eigenvalue weighted by molar-refractivity contribution is 5.79. The summed E-state index contributed by atoms with van der Waals surface area (Å²) in [6.07, 6.45) is 0.918. The molecule has 0 spiro atoms. The number of carbonyl (C=O) groups is 2. The van der Waals surface area contributed by atoms with Crippen LogP contribution in [0.3, 0.4) is 0 Å². The smallest absolute Gasteiger partial charge is 0.308 e. The predicted molar refractivity (Wildman–Crippen MR) is 73.6 cm³/mol. The maximum Gasteiger partial charge on any atom is 0.308 e. The van der Waals surface area contributed by atoms with Crippen molar-refractivity contribution in [2.24, 2.45) is 5.92 Å². The van der Waals surface area contributed by atoms with Crippen molar-refractivity contribution in [2.75, 3.05) is 20.2 Å². The van der Waals surface area contributed by atoms with Gasteiger partial charge in [-0.05, 0) is 24.5 Å². The van der Waals surface area contributed by atoms with Crippen molar-refractivity contribution >= 4 is 11.9 Å². The molecule has 1 N–H and O–H groups in total. The molecule has 1 unspecified atom stereocenters. The lowest BCUT2D eigenvalue weighted by Crippen LogP contribution is -2.30. The number of ether oxygens (including phenoxy) is 1. The van der Waals surface area contributed by atoms with Crippen LogP contribution in [0.15, 0.2) is 18.2 Å². The number of carboxylic acid groups (broad SMARTS) is 1. The molecule has 0 saturated carbocycles. The Kier molecular flexibility index (Phi) is 4.77. The summed E-state index contributed by atoms with van der Waals surface area (Å²) >= 11 is 0.